The first kappa shape index (κ1) is 13.0. The lowest BCUT2D eigenvalue weighted by molar-refractivity contribution is 0.504. The molecule has 0 aromatic heterocycles. The van der Waals surface area contributed by atoms with Gasteiger partial charge in [-0.2, -0.15) is 0 Å². The highest BCUT2D eigenvalue weighted by Gasteiger charge is 2.30. The van der Waals surface area contributed by atoms with Crippen LogP contribution in [0, 0.1) is 5.92 Å². The molecule has 15 heavy (non-hydrogen) atoms. The Kier molecular flexibility index (Phi) is 3.82. The molecule has 2 N–H and O–H groups in total. The Labute approximate surface area is 93.3 Å². The Balaban J connectivity index is 2.44. The molecule has 0 spiro atoms. The van der Waals surface area contributed by atoms with Crippen LogP contribution in [0.1, 0.15) is 46.5 Å². The number of hydrogen-bond donors (Lipinski definition) is 1. The zero-order valence-corrected chi connectivity index (χ0v) is 10.8. The summed E-state index contributed by atoms with van der Waals surface area (Å²) < 4.78 is 23.1. The van der Waals surface area contributed by atoms with E-state index in [0.717, 1.165) is 25.7 Å². The molecule has 4 heteroatoms. The van der Waals surface area contributed by atoms with E-state index in [1.807, 2.05) is 0 Å². The molecule has 1 fully saturated rings. The monoisotopic (exact) mass is 233 g/mol. The van der Waals surface area contributed by atoms with Crippen molar-refractivity contribution < 1.29 is 8.42 Å². The van der Waals surface area contributed by atoms with Crippen LogP contribution in [0.3, 0.4) is 0 Å². The van der Waals surface area contributed by atoms with Crippen molar-refractivity contribution in [2.45, 2.75) is 57.2 Å². The van der Waals surface area contributed by atoms with Gasteiger partial charge in [0.15, 0.2) is 9.84 Å². The molecule has 1 rings (SSSR count). The quantitative estimate of drug-likeness (QED) is 0.807. The minimum atomic E-state index is -2.94. The highest BCUT2D eigenvalue weighted by molar-refractivity contribution is 7.92. The summed E-state index contributed by atoms with van der Waals surface area (Å²) in [7, 11) is -2.94. The predicted octanol–water partition coefficient (Wildman–Crippen LogP) is 1.72. The topological polar surface area (TPSA) is 60.2 Å². The average molecular weight is 233 g/mol. The van der Waals surface area contributed by atoms with Crippen molar-refractivity contribution in [3.63, 3.8) is 0 Å². The van der Waals surface area contributed by atoms with E-state index in [1.165, 1.54) is 0 Å². The first-order valence-corrected chi connectivity index (χ1v) is 7.35. The van der Waals surface area contributed by atoms with Gasteiger partial charge in [0.2, 0.25) is 0 Å². The summed E-state index contributed by atoms with van der Waals surface area (Å²) in [5.41, 5.74) is 5.80. The molecule has 2 unspecified atom stereocenters. The summed E-state index contributed by atoms with van der Waals surface area (Å²) in [6.07, 6.45) is 3.94. The smallest absolute Gasteiger partial charge is 0.155 e. The van der Waals surface area contributed by atoms with Gasteiger partial charge in [-0.15, -0.1) is 0 Å². The zero-order chi connectivity index (χ0) is 11.7. The molecule has 1 aliphatic rings. The van der Waals surface area contributed by atoms with Crippen molar-refractivity contribution >= 4 is 9.84 Å². The lowest BCUT2D eigenvalue weighted by Gasteiger charge is -2.20. The van der Waals surface area contributed by atoms with Gasteiger partial charge < -0.3 is 5.73 Å². The third-order valence-corrected chi connectivity index (χ3v) is 5.95. The van der Waals surface area contributed by atoms with E-state index in [2.05, 4.69) is 0 Å². The van der Waals surface area contributed by atoms with Gasteiger partial charge in [0.05, 0.1) is 10.5 Å². The van der Waals surface area contributed by atoms with E-state index in [1.54, 1.807) is 20.8 Å². The largest absolute Gasteiger partial charge is 0.328 e. The molecule has 0 aliphatic heterocycles. The van der Waals surface area contributed by atoms with Gasteiger partial charge in [-0.1, -0.05) is 0 Å². The molecule has 0 bridgehead atoms. The van der Waals surface area contributed by atoms with E-state index in [4.69, 9.17) is 5.73 Å². The first-order chi connectivity index (χ1) is 6.72. The third-order valence-electron chi connectivity index (χ3n) is 3.31. The molecule has 0 amide bonds. The number of sulfone groups is 1. The molecule has 1 saturated carbocycles. The Bertz CT molecular complexity index is 303. The van der Waals surface area contributed by atoms with Crippen LogP contribution >= 0.6 is 0 Å². The SMILES string of the molecule is CC(C)(C)S(=O)(=O)CCC1CCC(N)C1. The second-order valence-corrected chi connectivity index (χ2v) is 8.52. The molecule has 3 nitrogen and oxygen atoms in total. The fourth-order valence-corrected chi connectivity index (χ4v) is 3.26. The van der Waals surface area contributed by atoms with Crippen LogP contribution < -0.4 is 5.73 Å². The Morgan fingerprint density at radius 2 is 1.87 bits per heavy atom. The molecule has 1 aliphatic carbocycles. The summed E-state index contributed by atoms with van der Waals surface area (Å²) in [6, 6.07) is 0.298. The van der Waals surface area contributed by atoms with Gasteiger partial charge >= 0.3 is 0 Å². The lowest BCUT2D eigenvalue weighted by Crippen LogP contribution is -2.31. The Hall–Kier alpha value is -0.0900. The fraction of sp³-hybridized carbons (Fsp3) is 1.00. The van der Waals surface area contributed by atoms with Crippen LogP contribution in [-0.4, -0.2) is 25.0 Å². The summed E-state index contributed by atoms with van der Waals surface area (Å²) in [6.45, 7) is 5.30. The number of rotatable bonds is 3. The predicted molar refractivity (Wildman–Crippen MR) is 63.5 cm³/mol. The van der Waals surface area contributed by atoms with E-state index in [9.17, 15) is 8.42 Å². The molecule has 0 heterocycles. The van der Waals surface area contributed by atoms with Gasteiger partial charge in [-0.3, -0.25) is 0 Å². The Morgan fingerprint density at radius 1 is 1.27 bits per heavy atom. The third kappa shape index (κ3) is 3.45. The molecular formula is C11H23NO2S. The van der Waals surface area contributed by atoms with Crippen molar-refractivity contribution in [2.75, 3.05) is 5.75 Å². The summed E-state index contributed by atoms with van der Waals surface area (Å²) in [5, 5.41) is 0. The molecule has 0 aromatic rings. The summed E-state index contributed by atoms with van der Waals surface area (Å²) in [5.74, 6) is 0.838. The maximum Gasteiger partial charge on any atom is 0.155 e. The van der Waals surface area contributed by atoms with E-state index < -0.39 is 14.6 Å². The van der Waals surface area contributed by atoms with Crippen molar-refractivity contribution in [1.29, 1.82) is 0 Å². The van der Waals surface area contributed by atoms with Crippen LogP contribution in [0.2, 0.25) is 0 Å². The second-order valence-electron chi connectivity index (χ2n) is 5.66. The van der Waals surface area contributed by atoms with Gasteiger partial charge in [0, 0.05) is 6.04 Å². The van der Waals surface area contributed by atoms with E-state index >= 15 is 0 Å². The van der Waals surface area contributed by atoms with Crippen LogP contribution in [0.25, 0.3) is 0 Å². The minimum Gasteiger partial charge on any atom is -0.328 e. The maximum atomic E-state index is 11.9. The van der Waals surface area contributed by atoms with Crippen LogP contribution in [0.4, 0.5) is 0 Å². The summed E-state index contributed by atoms with van der Waals surface area (Å²) in [4.78, 5) is 0. The maximum absolute atomic E-state index is 11.9. The van der Waals surface area contributed by atoms with Crippen LogP contribution in [-0.2, 0) is 9.84 Å². The van der Waals surface area contributed by atoms with E-state index in [0.29, 0.717) is 17.7 Å². The normalized spacial score (nSPS) is 28.3. The van der Waals surface area contributed by atoms with Crippen LogP contribution in [0.5, 0.6) is 0 Å². The standard InChI is InChI=1S/C11H23NO2S/c1-11(2,3)15(13,14)7-6-9-4-5-10(12)8-9/h9-10H,4-8,12H2,1-3H3. The molecule has 0 aromatic carbocycles. The van der Waals surface area contributed by atoms with Gasteiger partial charge in [0.1, 0.15) is 0 Å². The van der Waals surface area contributed by atoms with E-state index in [-0.39, 0.29) is 0 Å². The summed E-state index contributed by atoms with van der Waals surface area (Å²) >= 11 is 0. The van der Waals surface area contributed by atoms with Crippen molar-refractivity contribution in [3.8, 4) is 0 Å². The lowest BCUT2D eigenvalue weighted by atomic mass is 10.1. The molecule has 2 atom stereocenters. The number of nitrogens with two attached hydrogens (primary N) is 1. The highest BCUT2D eigenvalue weighted by Crippen LogP contribution is 2.28. The van der Waals surface area contributed by atoms with Crippen molar-refractivity contribution in [3.05, 3.63) is 0 Å². The van der Waals surface area contributed by atoms with Crippen LogP contribution in [0.15, 0.2) is 0 Å². The van der Waals surface area contributed by atoms with Gasteiger partial charge in [-0.05, 0) is 52.4 Å². The zero-order valence-electron chi connectivity index (χ0n) is 9.99. The van der Waals surface area contributed by atoms with Crippen molar-refractivity contribution in [2.24, 2.45) is 11.7 Å². The first-order valence-electron chi connectivity index (χ1n) is 5.70. The fourth-order valence-electron chi connectivity index (χ4n) is 2.00. The van der Waals surface area contributed by atoms with Gasteiger partial charge in [-0.25, -0.2) is 8.42 Å². The average Bonchev–Trinajstić information content (AvgIpc) is 2.46. The molecule has 90 valence electrons. The highest BCUT2D eigenvalue weighted by atomic mass is 32.2. The number of hydrogen-bond acceptors (Lipinski definition) is 3. The second kappa shape index (κ2) is 4.42. The molecule has 0 saturated heterocycles. The molecular weight excluding hydrogens is 210 g/mol. The molecule has 0 radical (unpaired) electrons. The Morgan fingerprint density at radius 3 is 2.27 bits per heavy atom. The van der Waals surface area contributed by atoms with Gasteiger partial charge in [0.25, 0.3) is 0 Å². The minimum absolute atomic E-state index is 0.298. The van der Waals surface area contributed by atoms with Crippen molar-refractivity contribution in [1.82, 2.24) is 0 Å².